The summed E-state index contributed by atoms with van der Waals surface area (Å²) in [6.07, 6.45) is 1.99. The van der Waals surface area contributed by atoms with Crippen LogP contribution in [0.15, 0.2) is 30.3 Å². The lowest BCUT2D eigenvalue weighted by molar-refractivity contribution is 0.0372. The fourth-order valence-corrected chi connectivity index (χ4v) is 3.43. The van der Waals surface area contributed by atoms with Crippen LogP contribution < -0.4 is 5.32 Å². The van der Waals surface area contributed by atoms with E-state index in [0.717, 1.165) is 51.4 Å². The molecule has 1 aromatic heterocycles. The maximum Gasteiger partial charge on any atom is 0.256 e. The molecule has 0 radical (unpaired) electrons. The number of carbonyl (C=O) groups excluding carboxylic acids is 1. The Morgan fingerprint density at radius 3 is 2.69 bits per heavy atom. The van der Waals surface area contributed by atoms with E-state index < -0.39 is 0 Å². The molecule has 1 aliphatic heterocycles. The summed E-state index contributed by atoms with van der Waals surface area (Å²) in [5, 5.41) is 7.72. The molecule has 140 valence electrons. The van der Waals surface area contributed by atoms with E-state index in [9.17, 15) is 4.79 Å². The number of para-hydroxylation sites is 1. The molecule has 1 aliphatic rings. The van der Waals surface area contributed by atoms with Crippen molar-refractivity contribution in [2.75, 3.05) is 39.4 Å². The van der Waals surface area contributed by atoms with Crippen molar-refractivity contribution in [3.8, 4) is 5.69 Å². The Labute approximate surface area is 159 Å². The molecule has 1 fully saturated rings. The van der Waals surface area contributed by atoms with Gasteiger partial charge in [0.1, 0.15) is 5.15 Å². The van der Waals surface area contributed by atoms with E-state index in [0.29, 0.717) is 23.0 Å². The minimum atomic E-state index is -0.166. The van der Waals surface area contributed by atoms with Crippen molar-refractivity contribution in [3.63, 3.8) is 0 Å². The van der Waals surface area contributed by atoms with Crippen LogP contribution in [-0.4, -0.2) is 60.0 Å². The minimum absolute atomic E-state index is 0.166. The van der Waals surface area contributed by atoms with E-state index >= 15 is 0 Å². The first-order valence-corrected chi connectivity index (χ1v) is 9.43. The molecule has 3 rings (SSSR count). The van der Waals surface area contributed by atoms with Crippen LogP contribution >= 0.6 is 11.6 Å². The molecule has 1 amide bonds. The van der Waals surface area contributed by atoms with Gasteiger partial charge >= 0.3 is 0 Å². The van der Waals surface area contributed by atoms with Gasteiger partial charge in [0.25, 0.3) is 5.91 Å². The molecular formula is C19H25ClN4O2. The lowest BCUT2D eigenvalue weighted by Gasteiger charge is -2.26. The summed E-state index contributed by atoms with van der Waals surface area (Å²) in [5.74, 6) is -0.166. The number of ether oxygens (including phenoxy) is 1. The van der Waals surface area contributed by atoms with Gasteiger partial charge in [-0.3, -0.25) is 9.69 Å². The average Bonchev–Trinajstić information content (AvgIpc) is 2.97. The summed E-state index contributed by atoms with van der Waals surface area (Å²) in [4.78, 5) is 14.9. The Bertz CT molecular complexity index is 727. The van der Waals surface area contributed by atoms with Crippen LogP contribution in [-0.2, 0) is 4.74 Å². The molecule has 2 heterocycles. The van der Waals surface area contributed by atoms with Crippen molar-refractivity contribution in [2.24, 2.45) is 0 Å². The first-order chi connectivity index (χ1) is 12.7. The van der Waals surface area contributed by atoms with Crippen LogP contribution in [0.2, 0.25) is 5.15 Å². The number of aryl methyl sites for hydroxylation is 1. The first-order valence-electron chi connectivity index (χ1n) is 9.05. The summed E-state index contributed by atoms with van der Waals surface area (Å²) in [7, 11) is 0. The molecule has 1 N–H and O–H groups in total. The maximum absolute atomic E-state index is 12.5. The van der Waals surface area contributed by atoms with Crippen LogP contribution in [0.3, 0.4) is 0 Å². The van der Waals surface area contributed by atoms with Gasteiger partial charge in [-0.25, -0.2) is 4.68 Å². The topological polar surface area (TPSA) is 59.4 Å². The van der Waals surface area contributed by atoms with Gasteiger partial charge in [0.05, 0.1) is 30.2 Å². The third-order valence-electron chi connectivity index (χ3n) is 4.52. The third kappa shape index (κ3) is 4.63. The van der Waals surface area contributed by atoms with Gasteiger partial charge in [-0.15, -0.1) is 0 Å². The number of aromatic nitrogens is 2. The number of halogens is 1. The van der Waals surface area contributed by atoms with Crippen molar-refractivity contribution in [1.82, 2.24) is 20.0 Å². The smallest absolute Gasteiger partial charge is 0.256 e. The van der Waals surface area contributed by atoms with Gasteiger partial charge < -0.3 is 10.1 Å². The van der Waals surface area contributed by atoms with E-state index in [1.54, 1.807) is 11.6 Å². The summed E-state index contributed by atoms with van der Waals surface area (Å²) < 4.78 is 6.95. The molecule has 7 heteroatoms. The maximum atomic E-state index is 12.5. The van der Waals surface area contributed by atoms with Gasteiger partial charge in [-0.05, 0) is 38.4 Å². The molecule has 0 saturated carbocycles. The predicted molar refractivity (Wildman–Crippen MR) is 102 cm³/mol. The minimum Gasteiger partial charge on any atom is -0.379 e. The Morgan fingerprint density at radius 1 is 1.23 bits per heavy atom. The monoisotopic (exact) mass is 376 g/mol. The molecule has 0 atom stereocenters. The number of hydrogen-bond acceptors (Lipinski definition) is 4. The van der Waals surface area contributed by atoms with Gasteiger partial charge in [-0.2, -0.15) is 5.10 Å². The van der Waals surface area contributed by atoms with Crippen molar-refractivity contribution in [1.29, 1.82) is 0 Å². The second-order valence-corrected chi connectivity index (χ2v) is 6.77. The Balaban J connectivity index is 1.51. The first kappa shape index (κ1) is 18.9. The predicted octanol–water partition coefficient (Wildman–Crippen LogP) is 2.68. The zero-order valence-corrected chi connectivity index (χ0v) is 15.8. The molecule has 0 spiro atoms. The van der Waals surface area contributed by atoms with Crippen LogP contribution in [0.5, 0.6) is 0 Å². The number of benzene rings is 1. The zero-order valence-electron chi connectivity index (χ0n) is 15.1. The van der Waals surface area contributed by atoms with E-state index in [2.05, 4.69) is 15.3 Å². The molecule has 0 aliphatic carbocycles. The molecule has 2 aromatic rings. The highest BCUT2D eigenvalue weighted by Gasteiger charge is 2.20. The van der Waals surface area contributed by atoms with E-state index in [1.165, 1.54) is 0 Å². The molecule has 1 aromatic carbocycles. The Kier molecular flexibility index (Phi) is 6.66. The number of unbranched alkanes of at least 4 members (excludes halogenated alkanes) is 1. The highest BCUT2D eigenvalue weighted by molar-refractivity contribution is 6.33. The molecule has 6 nitrogen and oxygen atoms in total. The highest BCUT2D eigenvalue weighted by Crippen LogP contribution is 2.23. The second-order valence-electron chi connectivity index (χ2n) is 6.42. The quantitative estimate of drug-likeness (QED) is 0.755. The third-order valence-corrected chi connectivity index (χ3v) is 4.87. The van der Waals surface area contributed by atoms with Gasteiger partial charge in [-0.1, -0.05) is 29.8 Å². The molecule has 0 bridgehead atoms. The van der Waals surface area contributed by atoms with E-state index in [1.807, 2.05) is 30.3 Å². The second kappa shape index (κ2) is 9.16. The number of morpholine rings is 1. The highest BCUT2D eigenvalue weighted by atomic mass is 35.5. The zero-order chi connectivity index (χ0) is 18.4. The Morgan fingerprint density at radius 2 is 1.96 bits per heavy atom. The van der Waals surface area contributed by atoms with Crippen LogP contribution in [0.4, 0.5) is 0 Å². The molecule has 0 unspecified atom stereocenters. The fraction of sp³-hybridized carbons (Fsp3) is 0.474. The van der Waals surface area contributed by atoms with E-state index in [-0.39, 0.29) is 5.91 Å². The van der Waals surface area contributed by atoms with Crippen LogP contribution in [0.1, 0.15) is 28.9 Å². The van der Waals surface area contributed by atoms with Crippen molar-refractivity contribution in [2.45, 2.75) is 19.8 Å². The fourth-order valence-electron chi connectivity index (χ4n) is 3.07. The molecule has 1 saturated heterocycles. The largest absolute Gasteiger partial charge is 0.379 e. The summed E-state index contributed by atoms with van der Waals surface area (Å²) in [6.45, 7) is 7.12. The van der Waals surface area contributed by atoms with Crippen molar-refractivity contribution >= 4 is 17.5 Å². The number of nitrogens with zero attached hydrogens (tertiary/aromatic N) is 3. The van der Waals surface area contributed by atoms with Gasteiger partial charge in [0, 0.05) is 19.6 Å². The van der Waals surface area contributed by atoms with Crippen LogP contribution in [0, 0.1) is 6.92 Å². The van der Waals surface area contributed by atoms with E-state index in [4.69, 9.17) is 16.3 Å². The normalized spacial score (nSPS) is 15.2. The summed E-state index contributed by atoms with van der Waals surface area (Å²) in [5.41, 5.74) is 1.92. The number of carbonyl (C=O) groups is 1. The van der Waals surface area contributed by atoms with Gasteiger partial charge in [0.15, 0.2) is 0 Å². The standard InChI is InChI=1S/C19H25ClN4O2/c1-15-17(18(20)24(22-15)16-7-3-2-4-8-16)19(25)21-9-5-6-10-23-11-13-26-14-12-23/h2-4,7-8H,5-6,9-14H2,1H3,(H,21,25). The van der Waals surface area contributed by atoms with Crippen molar-refractivity contribution < 1.29 is 9.53 Å². The molecular weight excluding hydrogens is 352 g/mol. The van der Waals surface area contributed by atoms with Gasteiger partial charge in [0.2, 0.25) is 0 Å². The number of nitrogens with one attached hydrogen (secondary N) is 1. The Hall–Kier alpha value is -1.89. The summed E-state index contributed by atoms with van der Waals surface area (Å²) in [6, 6.07) is 9.57. The number of amides is 1. The lowest BCUT2D eigenvalue weighted by Crippen LogP contribution is -2.37. The average molecular weight is 377 g/mol. The number of rotatable bonds is 7. The van der Waals surface area contributed by atoms with Crippen molar-refractivity contribution in [3.05, 3.63) is 46.7 Å². The summed E-state index contributed by atoms with van der Waals surface area (Å²) >= 11 is 6.42. The number of hydrogen-bond donors (Lipinski definition) is 1. The SMILES string of the molecule is Cc1nn(-c2ccccc2)c(Cl)c1C(=O)NCCCCN1CCOCC1. The lowest BCUT2D eigenvalue weighted by atomic mass is 10.2. The van der Waals surface area contributed by atoms with Crippen LogP contribution in [0.25, 0.3) is 5.69 Å². The molecule has 26 heavy (non-hydrogen) atoms.